The van der Waals surface area contributed by atoms with Gasteiger partial charge in [-0.3, -0.25) is 10.1 Å². The number of rotatable bonds is 1. The summed E-state index contributed by atoms with van der Waals surface area (Å²) >= 11 is 0. The van der Waals surface area contributed by atoms with Gasteiger partial charge in [0.25, 0.3) is 5.69 Å². The number of non-ortho nitro benzene ring substituents is 1. The van der Waals surface area contributed by atoms with Crippen LogP contribution < -0.4 is 0 Å². The number of nitro groups is 1. The van der Waals surface area contributed by atoms with Gasteiger partial charge >= 0.3 is 0 Å². The van der Waals surface area contributed by atoms with E-state index >= 15 is 0 Å². The molecule has 4 nitrogen and oxygen atoms in total. The maximum atomic E-state index is 10.5. The van der Waals surface area contributed by atoms with Crippen molar-refractivity contribution in [2.75, 3.05) is 0 Å². The molecular weight excluding hydrogens is 254 g/mol. The van der Waals surface area contributed by atoms with E-state index in [4.69, 9.17) is 5.11 Å². The SMILES string of the molecule is O=[N+]([O-])c1ccc(C#CC#Cc2ccc(O)cc2)cc1. The van der Waals surface area contributed by atoms with E-state index in [9.17, 15) is 10.1 Å². The summed E-state index contributed by atoms with van der Waals surface area (Å²) < 4.78 is 0. The zero-order valence-corrected chi connectivity index (χ0v) is 10.3. The molecule has 2 aromatic rings. The molecule has 0 aromatic heterocycles. The lowest BCUT2D eigenvalue weighted by molar-refractivity contribution is -0.384. The number of hydrogen-bond acceptors (Lipinski definition) is 3. The molecule has 0 amide bonds. The van der Waals surface area contributed by atoms with E-state index in [-0.39, 0.29) is 11.4 Å². The minimum atomic E-state index is -0.457. The molecule has 0 atom stereocenters. The fourth-order valence-electron chi connectivity index (χ4n) is 1.42. The molecule has 2 rings (SSSR count). The molecule has 96 valence electrons. The van der Waals surface area contributed by atoms with Crippen LogP contribution in [0.2, 0.25) is 0 Å². The maximum absolute atomic E-state index is 10.5. The molecule has 0 heterocycles. The summed E-state index contributed by atoms with van der Waals surface area (Å²) in [5, 5.41) is 19.6. The van der Waals surface area contributed by atoms with Crippen molar-refractivity contribution in [2.24, 2.45) is 0 Å². The molecule has 0 aliphatic carbocycles. The van der Waals surface area contributed by atoms with Gasteiger partial charge in [-0.2, -0.15) is 0 Å². The van der Waals surface area contributed by atoms with E-state index in [2.05, 4.69) is 23.7 Å². The van der Waals surface area contributed by atoms with Gasteiger partial charge in [0.15, 0.2) is 0 Å². The van der Waals surface area contributed by atoms with Crippen molar-refractivity contribution in [3.8, 4) is 29.4 Å². The summed E-state index contributed by atoms with van der Waals surface area (Å²) in [6, 6.07) is 12.4. The van der Waals surface area contributed by atoms with Crippen molar-refractivity contribution in [1.29, 1.82) is 0 Å². The number of nitrogens with zero attached hydrogens (tertiary/aromatic N) is 1. The molecule has 2 aromatic carbocycles. The summed E-state index contributed by atoms with van der Waals surface area (Å²) in [5.74, 6) is 11.2. The smallest absolute Gasteiger partial charge is 0.269 e. The van der Waals surface area contributed by atoms with Crippen LogP contribution in [0.5, 0.6) is 5.75 Å². The highest BCUT2D eigenvalue weighted by Gasteiger charge is 2.01. The molecule has 0 saturated carbocycles. The van der Waals surface area contributed by atoms with Crippen molar-refractivity contribution >= 4 is 5.69 Å². The van der Waals surface area contributed by atoms with Crippen LogP contribution in [-0.2, 0) is 0 Å². The van der Waals surface area contributed by atoms with Gasteiger partial charge in [-0.25, -0.2) is 0 Å². The van der Waals surface area contributed by atoms with Crippen LogP contribution in [0.1, 0.15) is 11.1 Å². The highest BCUT2D eigenvalue weighted by Crippen LogP contribution is 2.11. The number of phenols is 1. The fourth-order valence-corrected chi connectivity index (χ4v) is 1.42. The van der Waals surface area contributed by atoms with Crippen molar-refractivity contribution in [2.45, 2.75) is 0 Å². The highest BCUT2D eigenvalue weighted by atomic mass is 16.6. The standard InChI is InChI=1S/C16H9NO3/c18-16-11-7-14(8-12-16)4-2-1-3-13-5-9-15(10-6-13)17(19)20/h5-12,18H. The Morgan fingerprint density at radius 1 is 0.850 bits per heavy atom. The Balaban J connectivity index is 2.08. The van der Waals surface area contributed by atoms with Gasteiger partial charge < -0.3 is 5.11 Å². The average Bonchev–Trinajstić information content (AvgIpc) is 2.46. The van der Waals surface area contributed by atoms with Crippen LogP contribution in [0.15, 0.2) is 48.5 Å². The van der Waals surface area contributed by atoms with Gasteiger partial charge in [-0.15, -0.1) is 0 Å². The topological polar surface area (TPSA) is 63.4 Å². The molecular formula is C16H9NO3. The Labute approximate surface area is 115 Å². The van der Waals surface area contributed by atoms with Crippen molar-refractivity contribution in [3.63, 3.8) is 0 Å². The third kappa shape index (κ3) is 3.63. The first-order chi connectivity index (χ1) is 9.65. The van der Waals surface area contributed by atoms with E-state index in [0.29, 0.717) is 5.56 Å². The van der Waals surface area contributed by atoms with Crippen LogP contribution in [-0.4, -0.2) is 10.0 Å². The molecule has 20 heavy (non-hydrogen) atoms. The zero-order valence-electron chi connectivity index (χ0n) is 10.3. The summed E-state index contributed by atoms with van der Waals surface area (Å²) in [6.07, 6.45) is 0. The molecule has 0 fully saturated rings. The summed E-state index contributed by atoms with van der Waals surface area (Å²) in [4.78, 5) is 10.0. The minimum Gasteiger partial charge on any atom is -0.508 e. The number of benzene rings is 2. The number of nitro benzene ring substituents is 1. The lowest BCUT2D eigenvalue weighted by atomic mass is 10.2. The molecule has 0 bridgehead atoms. The van der Waals surface area contributed by atoms with Crippen LogP contribution in [0, 0.1) is 33.8 Å². The van der Waals surface area contributed by atoms with E-state index in [1.165, 1.54) is 12.1 Å². The minimum absolute atomic E-state index is 0.0331. The summed E-state index contributed by atoms with van der Waals surface area (Å²) in [7, 11) is 0. The van der Waals surface area contributed by atoms with Crippen molar-refractivity contribution in [1.82, 2.24) is 0 Å². The van der Waals surface area contributed by atoms with Gasteiger partial charge in [-0.05, 0) is 48.2 Å². The molecule has 0 aliphatic rings. The van der Waals surface area contributed by atoms with Crippen molar-refractivity contribution < 1.29 is 10.0 Å². The highest BCUT2D eigenvalue weighted by molar-refractivity contribution is 5.46. The lowest BCUT2D eigenvalue weighted by Crippen LogP contribution is -1.86. The molecule has 0 aliphatic heterocycles. The average molecular weight is 263 g/mol. The summed E-state index contributed by atoms with van der Waals surface area (Å²) in [6.45, 7) is 0. The van der Waals surface area contributed by atoms with Crippen LogP contribution in [0.3, 0.4) is 0 Å². The zero-order chi connectivity index (χ0) is 14.4. The largest absolute Gasteiger partial charge is 0.508 e. The van der Waals surface area contributed by atoms with Gasteiger partial charge in [0, 0.05) is 23.3 Å². The Morgan fingerprint density at radius 2 is 1.30 bits per heavy atom. The van der Waals surface area contributed by atoms with Crippen LogP contribution in [0.25, 0.3) is 0 Å². The number of aromatic hydroxyl groups is 1. The third-order valence-electron chi connectivity index (χ3n) is 2.42. The van der Waals surface area contributed by atoms with Gasteiger partial charge in [-0.1, -0.05) is 11.8 Å². The third-order valence-corrected chi connectivity index (χ3v) is 2.42. The van der Waals surface area contributed by atoms with E-state index in [1.807, 2.05) is 0 Å². The second-order valence-electron chi connectivity index (χ2n) is 3.85. The van der Waals surface area contributed by atoms with Crippen LogP contribution >= 0.6 is 0 Å². The van der Waals surface area contributed by atoms with Crippen molar-refractivity contribution in [3.05, 3.63) is 69.8 Å². The molecule has 0 radical (unpaired) electrons. The Morgan fingerprint density at radius 3 is 1.75 bits per heavy atom. The second-order valence-corrected chi connectivity index (χ2v) is 3.85. The molecule has 0 saturated heterocycles. The van der Waals surface area contributed by atoms with Gasteiger partial charge in [0.1, 0.15) is 5.75 Å². The molecule has 0 spiro atoms. The first-order valence-electron chi connectivity index (χ1n) is 5.71. The Kier molecular flexibility index (Phi) is 4.01. The van der Waals surface area contributed by atoms with Crippen LogP contribution in [0.4, 0.5) is 5.69 Å². The molecule has 1 N–H and O–H groups in total. The van der Waals surface area contributed by atoms with E-state index < -0.39 is 4.92 Å². The monoisotopic (exact) mass is 263 g/mol. The fraction of sp³-hybridized carbons (Fsp3) is 0. The summed E-state index contributed by atoms with van der Waals surface area (Å²) in [5.41, 5.74) is 1.45. The predicted molar refractivity (Wildman–Crippen MR) is 75.0 cm³/mol. The van der Waals surface area contributed by atoms with Gasteiger partial charge in [0.05, 0.1) is 4.92 Å². The number of hydrogen-bond donors (Lipinski definition) is 1. The van der Waals surface area contributed by atoms with E-state index in [1.54, 1.807) is 36.4 Å². The predicted octanol–water partition coefficient (Wildman–Crippen LogP) is 2.70. The lowest BCUT2D eigenvalue weighted by Gasteiger charge is -1.90. The van der Waals surface area contributed by atoms with Gasteiger partial charge in [0.2, 0.25) is 0 Å². The Bertz CT molecular complexity index is 739. The maximum Gasteiger partial charge on any atom is 0.269 e. The van der Waals surface area contributed by atoms with E-state index in [0.717, 1.165) is 5.56 Å². The number of phenolic OH excluding ortho intramolecular Hbond substituents is 1. The second kappa shape index (κ2) is 6.08. The normalized spacial score (nSPS) is 8.80. The first-order valence-corrected chi connectivity index (χ1v) is 5.71. The Hall–Kier alpha value is -3.24. The molecule has 0 unspecified atom stereocenters. The quantitative estimate of drug-likeness (QED) is 0.489. The first kappa shape index (κ1) is 13.2. The molecule has 4 heteroatoms.